The van der Waals surface area contributed by atoms with Crippen molar-refractivity contribution in [3.63, 3.8) is 0 Å². The Labute approximate surface area is 88.9 Å². The molecule has 1 aromatic heterocycles. The van der Waals surface area contributed by atoms with Crippen LogP contribution in [0.5, 0.6) is 0 Å². The summed E-state index contributed by atoms with van der Waals surface area (Å²) in [5.41, 5.74) is 1.71. The summed E-state index contributed by atoms with van der Waals surface area (Å²) in [6.07, 6.45) is 1.59. The molecule has 5 nitrogen and oxygen atoms in total. The van der Waals surface area contributed by atoms with Gasteiger partial charge in [0.2, 0.25) is 0 Å². The number of hydrogen-bond acceptors (Lipinski definition) is 4. The molecule has 1 heterocycles. The van der Waals surface area contributed by atoms with Gasteiger partial charge in [0.25, 0.3) is 0 Å². The molecule has 0 aliphatic carbocycles. The molecule has 0 aromatic carbocycles. The smallest absolute Gasteiger partial charge is 0.172 e. The number of aliphatic hydroxyl groups is 1. The summed E-state index contributed by atoms with van der Waals surface area (Å²) >= 11 is 0. The van der Waals surface area contributed by atoms with Gasteiger partial charge in [-0.25, -0.2) is 0 Å². The highest BCUT2D eigenvalue weighted by atomic mass is 16.5. The number of hydrogen-bond donors (Lipinski definition) is 1. The van der Waals surface area contributed by atoms with Gasteiger partial charge in [-0.2, -0.15) is 10.4 Å². The van der Waals surface area contributed by atoms with Gasteiger partial charge in [-0.3, -0.25) is 4.68 Å². The van der Waals surface area contributed by atoms with Crippen LogP contribution in [0.3, 0.4) is 0 Å². The van der Waals surface area contributed by atoms with E-state index in [1.807, 2.05) is 14.0 Å². The van der Waals surface area contributed by atoms with Crippen LogP contribution in [0.25, 0.3) is 0 Å². The van der Waals surface area contributed by atoms with Crippen molar-refractivity contribution >= 4 is 0 Å². The van der Waals surface area contributed by atoms with E-state index >= 15 is 0 Å². The van der Waals surface area contributed by atoms with E-state index in [0.717, 1.165) is 11.3 Å². The molecule has 0 fully saturated rings. The maximum Gasteiger partial charge on any atom is 0.172 e. The van der Waals surface area contributed by atoms with Crippen LogP contribution in [0.2, 0.25) is 0 Å². The molecule has 0 spiro atoms. The molecular weight excluding hydrogens is 194 g/mol. The lowest BCUT2D eigenvalue weighted by atomic mass is 10.1. The van der Waals surface area contributed by atoms with Crippen LogP contribution in [0, 0.1) is 18.3 Å². The molecule has 1 aromatic rings. The zero-order chi connectivity index (χ0) is 11.3. The van der Waals surface area contributed by atoms with Gasteiger partial charge in [0, 0.05) is 24.9 Å². The minimum absolute atomic E-state index is 0.0736. The summed E-state index contributed by atoms with van der Waals surface area (Å²) < 4.78 is 7.04. The van der Waals surface area contributed by atoms with Crippen LogP contribution in [-0.4, -0.2) is 28.1 Å². The van der Waals surface area contributed by atoms with Gasteiger partial charge in [0.1, 0.15) is 0 Å². The van der Waals surface area contributed by atoms with Gasteiger partial charge >= 0.3 is 0 Å². The first-order chi connectivity index (χ1) is 7.20. The van der Waals surface area contributed by atoms with Crippen molar-refractivity contribution in [2.75, 3.05) is 13.2 Å². The van der Waals surface area contributed by atoms with Gasteiger partial charge in [0.05, 0.1) is 18.9 Å². The number of rotatable bonds is 5. The van der Waals surface area contributed by atoms with Gasteiger partial charge in [-0.15, -0.1) is 0 Å². The van der Waals surface area contributed by atoms with Crippen LogP contribution in [0.4, 0.5) is 0 Å². The highest BCUT2D eigenvalue weighted by molar-refractivity contribution is 5.23. The number of aryl methyl sites for hydroxylation is 1. The highest BCUT2D eigenvalue weighted by Gasteiger charge is 2.16. The van der Waals surface area contributed by atoms with Crippen molar-refractivity contribution in [2.45, 2.75) is 19.4 Å². The summed E-state index contributed by atoms with van der Waals surface area (Å²) in [6, 6.07) is 2.07. The van der Waals surface area contributed by atoms with Gasteiger partial charge < -0.3 is 9.84 Å². The molecule has 5 heteroatoms. The summed E-state index contributed by atoms with van der Waals surface area (Å²) in [5.74, 6) is 0. The Hall–Kier alpha value is -1.38. The molecule has 0 aliphatic heterocycles. The quantitative estimate of drug-likeness (QED) is 0.724. The SMILES string of the molecule is Cc1c(C(C#N)OCCCO)cnn1C. The zero-order valence-electron chi connectivity index (χ0n) is 8.97. The van der Waals surface area contributed by atoms with E-state index in [4.69, 9.17) is 15.1 Å². The lowest BCUT2D eigenvalue weighted by Gasteiger charge is -2.09. The van der Waals surface area contributed by atoms with Crippen LogP contribution < -0.4 is 0 Å². The molecule has 0 amide bonds. The zero-order valence-corrected chi connectivity index (χ0v) is 8.97. The molecule has 0 bridgehead atoms. The molecule has 1 rings (SSSR count). The number of aliphatic hydroxyl groups excluding tert-OH is 1. The number of aromatic nitrogens is 2. The lowest BCUT2D eigenvalue weighted by Crippen LogP contribution is -2.06. The first-order valence-corrected chi connectivity index (χ1v) is 4.81. The van der Waals surface area contributed by atoms with Gasteiger partial charge in [-0.05, 0) is 13.3 Å². The fourth-order valence-corrected chi connectivity index (χ4v) is 1.24. The Kier molecular flexibility index (Phi) is 4.28. The predicted molar refractivity (Wildman–Crippen MR) is 54.0 cm³/mol. The molecule has 15 heavy (non-hydrogen) atoms. The van der Waals surface area contributed by atoms with E-state index in [1.165, 1.54) is 0 Å². The van der Waals surface area contributed by atoms with E-state index in [0.29, 0.717) is 13.0 Å². The molecule has 1 N–H and O–H groups in total. The average Bonchev–Trinajstić information content (AvgIpc) is 2.56. The number of nitriles is 1. The minimum Gasteiger partial charge on any atom is -0.396 e. The van der Waals surface area contributed by atoms with Crippen LogP contribution in [0.1, 0.15) is 23.8 Å². The molecule has 0 aliphatic rings. The van der Waals surface area contributed by atoms with Crippen LogP contribution in [0.15, 0.2) is 6.20 Å². The van der Waals surface area contributed by atoms with Crippen molar-refractivity contribution < 1.29 is 9.84 Å². The largest absolute Gasteiger partial charge is 0.396 e. The van der Waals surface area contributed by atoms with Crippen molar-refractivity contribution in [1.82, 2.24) is 9.78 Å². The van der Waals surface area contributed by atoms with E-state index in [2.05, 4.69) is 11.2 Å². The third kappa shape index (κ3) is 2.78. The summed E-state index contributed by atoms with van der Waals surface area (Å²) in [7, 11) is 1.82. The Bertz CT molecular complexity index is 354. The normalized spacial score (nSPS) is 12.4. The first kappa shape index (κ1) is 11.7. The topological polar surface area (TPSA) is 71.1 Å². The Morgan fingerprint density at radius 1 is 1.73 bits per heavy atom. The monoisotopic (exact) mass is 209 g/mol. The van der Waals surface area contributed by atoms with Crippen molar-refractivity contribution in [1.29, 1.82) is 5.26 Å². The van der Waals surface area contributed by atoms with Crippen LogP contribution in [-0.2, 0) is 11.8 Å². The summed E-state index contributed by atoms with van der Waals surface area (Å²) in [4.78, 5) is 0. The second-order valence-corrected chi connectivity index (χ2v) is 3.27. The Morgan fingerprint density at radius 3 is 2.93 bits per heavy atom. The van der Waals surface area contributed by atoms with Crippen molar-refractivity contribution in [3.8, 4) is 6.07 Å². The standard InChI is InChI=1S/C10H15N3O2/c1-8-9(7-12-13(8)2)10(6-11)15-5-3-4-14/h7,10,14H,3-5H2,1-2H3. The summed E-state index contributed by atoms with van der Waals surface area (Å²) in [6.45, 7) is 2.34. The Balaban J connectivity index is 2.67. The molecule has 0 radical (unpaired) electrons. The summed E-state index contributed by atoms with van der Waals surface area (Å²) in [5, 5.41) is 21.6. The lowest BCUT2D eigenvalue weighted by molar-refractivity contribution is 0.0770. The molecule has 0 saturated carbocycles. The number of ether oxygens (including phenoxy) is 1. The fraction of sp³-hybridized carbons (Fsp3) is 0.600. The molecular formula is C10H15N3O2. The minimum atomic E-state index is -0.592. The third-order valence-corrected chi connectivity index (χ3v) is 2.26. The molecule has 1 unspecified atom stereocenters. The number of nitrogens with zero attached hydrogens (tertiary/aromatic N) is 3. The molecule has 0 saturated heterocycles. The van der Waals surface area contributed by atoms with E-state index in [9.17, 15) is 0 Å². The first-order valence-electron chi connectivity index (χ1n) is 4.81. The fourth-order valence-electron chi connectivity index (χ4n) is 1.24. The highest BCUT2D eigenvalue weighted by Crippen LogP contribution is 2.19. The van der Waals surface area contributed by atoms with Gasteiger partial charge in [0.15, 0.2) is 6.10 Å². The predicted octanol–water partition coefficient (Wildman–Crippen LogP) is 0.692. The van der Waals surface area contributed by atoms with Gasteiger partial charge in [-0.1, -0.05) is 0 Å². The van der Waals surface area contributed by atoms with E-state index < -0.39 is 6.10 Å². The van der Waals surface area contributed by atoms with Crippen molar-refractivity contribution in [2.24, 2.45) is 7.05 Å². The Morgan fingerprint density at radius 2 is 2.47 bits per heavy atom. The second kappa shape index (κ2) is 5.49. The van der Waals surface area contributed by atoms with Crippen molar-refractivity contribution in [3.05, 3.63) is 17.5 Å². The van der Waals surface area contributed by atoms with E-state index in [1.54, 1.807) is 10.9 Å². The molecule has 1 atom stereocenters. The molecule has 82 valence electrons. The van der Waals surface area contributed by atoms with E-state index in [-0.39, 0.29) is 6.61 Å². The maximum atomic E-state index is 8.94. The second-order valence-electron chi connectivity index (χ2n) is 3.27. The van der Waals surface area contributed by atoms with Crippen LogP contribution >= 0.6 is 0 Å². The third-order valence-electron chi connectivity index (χ3n) is 2.26. The maximum absolute atomic E-state index is 8.94. The average molecular weight is 209 g/mol.